The molecule has 0 aromatic heterocycles. The van der Waals surface area contributed by atoms with Gasteiger partial charge in [-0.2, -0.15) is 0 Å². The number of nitrogens with zero attached hydrogens (tertiary/aromatic N) is 2. The smallest absolute Gasteiger partial charge is 0.339 e. The van der Waals surface area contributed by atoms with Crippen molar-refractivity contribution in [3.05, 3.63) is 77.9 Å². The van der Waals surface area contributed by atoms with Gasteiger partial charge >= 0.3 is 6.03 Å². The van der Waals surface area contributed by atoms with E-state index in [1.165, 1.54) is 11.1 Å². The van der Waals surface area contributed by atoms with Crippen molar-refractivity contribution in [3.63, 3.8) is 0 Å². The van der Waals surface area contributed by atoms with Gasteiger partial charge in [0.2, 0.25) is 10.0 Å². The van der Waals surface area contributed by atoms with E-state index in [1.807, 2.05) is 24.3 Å². The molecule has 0 aliphatic carbocycles. The van der Waals surface area contributed by atoms with Crippen molar-refractivity contribution in [3.8, 4) is 0 Å². The second-order valence-electron chi connectivity index (χ2n) is 9.25. The molecule has 0 bridgehead atoms. The number of nitrogen functional groups attached to an aromatic ring is 1. The third-order valence-electron chi connectivity index (χ3n) is 6.43. The number of nitrogens with one attached hydrogen (secondary N) is 3. The topological polar surface area (TPSA) is 149 Å². The van der Waals surface area contributed by atoms with E-state index in [9.17, 15) is 18.0 Å². The Kier molecular flexibility index (Phi) is 8.59. The van der Waals surface area contributed by atoms with Crippen molar-refractivity contribution in [1.29, 1.82) is 5.41 Å². The molecule has 0 atom stereocenters. The van der Waals surface area contributed by atoms with Crippen LogP contribution in [0.25, 0.3) is 10.8 Å². The lowest BCUT2D eigenvalue weighted by Gasteiger charge is -2.30. The molecule has 4 rings (SSSR count). The lowest BCUT2D eigenvalue weighted by molar-refractivity contribution is -0.124. The van der Waals surface area contributed by atoms with Crippen molar-refractivity contribution in [2.24, 2.45) is 5.73 Å². The van der Waals surface area contributed by atoms with E-state index in [-0.39, 0.29) is 23.3 Å². The van der Waals surface area contributed by atoms with Crippen LogP contribution in [0, 0.1) is 5.41 Å². The Balaban J connectivity index is 1.46. The van der Waals surface area contributed by atoms with E-state index in [0.717, 1.165) is 42.0 Å². The summed E-state index contributed by atoms with van der Waals surface area (Å²) in [5.74, 6) is -0.737. The number of hydrogen-bond donors (Lipinski definition) is 4. The molecule has 200 valence electrons. The molecule has 3 amide bonds. The number of benzene rings is 3. The molecule has 1 fully saturated rings. The van der Waals surface area contributed by atoms with Crippen molar-refractivity contribution in [2.75, 3.05) is 19.6 Å². The zero-order valence-corrected chi connectivity index (χ0v) is 21.8. The average molecular weight is 537 g/mol. The lowest BCUT2D eigenvalue weighted by atomic mass is 10.1. The summed E-state index contributed by atoms with van der Waals surface area (Å²) in [6.07, 6.45) is 3.84. The second kappa shape index (κ2) is 12.1. The van der Waals surface area contributed by atoms with Crippen molar-refractivity contribution < 1.29 is 18.0 Å². The van der Waals surface area contributed by atoms with Gasteiger partial charge in [-0.15, -0.1) is 0 Å². The highest BCUT2D eigenvalue weighted by atomic mass is 32.2. The summed E-state index contributed by atoms with van der Waals surface area (Å²) in [5.41, 5.74) is 9.38. The number of carbonyl (C=O) groups excluding carboxylic acids is 2. The fourth-order valence-electron chi connectivity index (χ4n) is 4.33. The fraction of sp³-hybridized carbons (Fsp3) is 0.296. The summed E-state index contributed by atoms with van der Waals surface area (Å²) in [6, 6.07) is 18.6. The number of hydrazine groups is 1. The number of sulfonamides is 1. The van der Waals surface area contributed by atoms with Crippen LogP contribution in [0.15, 0.2) is 71.6 Å². The highest BCUT2D eigenvalue weighted by Gasteiger charge is 2.25. The van der Waals surface area contributed by atoms with Crippen LogP contribution in [-0.2, 0) is 21.4 Å². The molecule has 1 aliphatic heterocycles. The summed E-state index contributed by atoms with van der Waals surface area (Å²) < 4.78 is 28.0. The van der Waals surface area contributed by atoms with Gasteiger partial charge in [0.1, 0.15) is 5.84 Å². The van der Waals surface area contributed by atoms with Crippen molar-refractivity contribution in [2.45, 2.75) is 37.1 Å². The molecular formula is C27H32N6O4S. The summed E-state index contributed by atoms with van der Waals surface area (Å²) in [7, 11) is -3.96. The largest absolute Gasteiger partial charge is 0.384 e. The molecule has 1 aliphatic rings. The van der Waals surface area contributed by atoms with E-state index >= 15 is 0 Å². The van der Waals surface area contributed by atoms with Gasteiger partial charge in [0, 0.05) is 18.7 Å². The number of urea groups is 1. The minimum absolute atomic E-state index is 0.0482. The molecule has 11 heteroatoms. The predicted octanol–water partition coefficient (Wildman–Crippen LogP) is 2.93. The van der Waals surface area contributed by atoms with Crippen LogP contribution in [0.2, 0.25) is 0 Å². The van der Waals surface area contributed by atoms with Crippen LogP contribution >= 0.6 is 0 Å². The van der Waals surface area contributed by atoms with E-state index in [4.69, 9.17) is 11.1 Å². The third-order valence-corrected chi connectivity index (χ3v) is 7.83. The Labute approximate surface area is 222 Å². The predicted molar refractivity (Wildman–Crippen MR) is 146 cm³/mol. The van der Waals surface area contributed by atoms with Crippen molar-refractivity contribution in [1.82, 2.24) is 20.1 Å². The number of amides is 3. The van der Waals surface area contributed by atoms with E-state index in [2.05, 4.69) is 10.1 Å². The van der Waals surface area contributed by atoms with Gasteiger partial charge in [-0.1, -0.05) is 67.4 Å². The first-order valence-corrected chi connectivity index (χ1v) is 14.0. The average Bonchev–Trinajstić information content (AvgIpc) is 3.21. The summed E-state index contributed by atoms with van der Waals surface area (Å²) >= 11 is 0. The van der Waals surface area contributed by atoms with Crippen LogP contribution in [0.5, 0.6) is 0 Å². The van der Waals surface area contributed by atoms with Crippen LogP contribution < -0.4 is 15.9 Å². The number of fused-ring (bicyclic) bond motifs is 1. The van der Waals surface area contributed by atoms with E-state index in [1.54, 1.807) is 41.3 Å². The van der Waals surface area contributed by atoms with Crippen molar-refractivity contribution >= 4 is 38.6 Å². The number of carbonyl (C=O) groups is 2. The minimum atomic E-state index is -3.96. The van der Waals surface area contributed by atoms with Gasteiger partial charge < -0.3 is 10.6 Å². The molecule has 3 aromatic rings. The zero-order valence-electron chi connectivity index (χ0n) is 21.0. The first-order chi connectivity index (χ1) is 18.2. The van der Waals surface area contributed by atoms with Gasteiger partial charge in [0.25, 0.3) is 5.91 Å². The number of rotatable bonds is 7. The molecule has 0 radical (unpaired) electrons. The van der Waals surface area contributed by atoms with Crippen LogP contribution in [0.3, 0.4) is 0 Å². The number of hydrogen-bond acceptors (Lipinski definition) is 5. The molecule has 0 saturated carbocycles. The fourth-order valence-corrected chi connectivity index (χ4v) is 5.35. The first kappa shape index (κ1) is 27.1. The molecule has 5 N–H and O–H groups in total. The normalized spacial score (nSPS) is 14.1. The monoisotopic (exact) mass is 536 g/mol. The molecule has 38 heavy (non-hydrogen) atoms. The maximum absolute atomic E-state index is 13.4. The summed E-state index contributed by atoms with van der Waals surface area (Å²) in [4.78, 5) is 27.9. The molecule has 0 spiro atoms. The lowest BCUT2D eigenvalue weighted by Crippen LogP contribution is -2.53. The Morgan fingerprint density at radius 3 is 2.24 bits per heavy atom. The second-order valence-corrected chi connectivity index (χ2v) is 11.0. The van der Waals surface area contributed by atoms with Gasteiger partial charge in [-0.25, -0.2) is 22.9 Å². The van der Waals surface area contributed by atoms with Gasteiger partial charge in [-0.05, 0) is 41.3 Å². The highest BCUT2D eigenvalue weighted by molar-refractivity contribution is 7.89. The highest BCUT2D eigenvalue weighted by Crippen LogP contribution is 2.19. The van der Waals surface area contributed by atoms with Gasteiger partial charge in [-0.3, -0.25) is 15.6 Å². The Morgan fingerprint density at radius 2 is 1.58 bits per heavy atom. The number of nitrogens with two attached hydrogens (primary N) is 1. The van der Waals surface area contributed by atoms with E-state index in [0.29, 0.717) is 18.7 Å². The number of likely N-dealkylation sites (tertiary alicyclic amines) is 1. The SMILES string of the molecule is N=C(N)c1ccc(CN(NC(=O)CNS(=O)(=O)c2ccc3ccccc3c2)C(=O)N2CCCCCC2)cc1. The molecule has 3 aromatic carbocycles. The molecule has 0 unspecified atom stereocenters. The maximum atomic E-state index is 13.4. The summed E-state index contributed by atoms with van der Waals surface area (Å²) in [6.45, 7) is 0.699. The van der Waals surface area contributed by atoms with Crippen LogP contribution in [0.4, 0.5) is 4.79 Å². The van der Waals surface area contributed by atoms with Crippen LogP contribution in [0.1, 0.15) is 36.8 Å². The van der Waals surface area contributed by atoms with Gasteiger partial charge in [0.15, 0.2) is 0 Å². The molecular weight excluding hydrogens is 504 g/mol. The Bertz CT molecular complexity index is 1420. The van der Waals surface area contributed by atoms with Gasteiger partial charge in [0.05, 0.1) is 18.0 Å². The molecule has 10 nitrogen and oxygen atoms in total. The molecule has 1 heterocycles. The quantitative estimate of drug-likeness (QED) is 0.208. The third kappa shape index (κ3) is 6.87. The Morgan fingerprint density at radius 1 is 0.921 bits per heavy atom. The minimum Gasteiger partial charge on any atom is -0.384 e. The maximum Gasteiger partial charge on any atom is 0.339 e. The Hall–Kier alpha value is -3.96. The van der Waals surface area contributed by atoms with Crippen LogP contribution in [-0.4, -0.2) is 55.7 Å². The molecule has 1 saturated heterocycles. The van der Waals surface area contributed by atoms with E-state index < -0.39 is 22.5 Å². The zero-order chi connectivity index (χ0) is 27.1. The number of amidine groups is 1. The summed E-state index contributed by atoms with van der Waals surface area (Å²) in [5, 5.41) is 10.4. The first-order valence-electron chi connectivity index (χ1n) is 12.5. The standard InChI is InChI=1S/C27H32N6O4S/c28-26(29)22-11-9-20(10-12-22)19-33(27(35)32-15-5-1-2-6-16-32)31-25(34)18-30-38(36,37)24-14-13-21-7-3-4-8-23(21)17-24/h3-4,7-14,17,30H,1-2,5-6,15-16,18-19H2,(H3,28,29)(H,31,34).